The molecule has 0 heterocycles. The van der Waals surface area contributed by atoms with Crippen LogP contribution in [0.3, 0.4) is 0 Å². The number of rotatable bonds is 7. The molecule has 1 atom stereocenters. The van der Waals surface area contributed by atoms with Crippen molar-refractivity contribution < 1.29 is 9.59 Å². The molecule has 132 valence electrons. The molecule has 1 aliphatic rings. The molecule has 1 fully saturated rings. The number of nitrogens with one attached hydrogen (secondary N) is 2. The first-order valence-electron chi connectivity index (χ1n) is 8.44. The zero-order chi connectivity index (χ0) is 17.5. The summed E-state index contributed by atoms with van der Waals surface area (Å²) in [6, 6.07) is 7.68. The van der Waals surface area contributed by atoms with E-state index in [4.69, 9.17) is 0 Å². The average molecular weight is 350 g/mol. The molecule has 0 saturated heterocycles. The normalized spacial score (nSPS) is 16.2. The second-order valence-corrected chi connectivity index (χ2v) is 7.18. The van der Waals surface area contributed by atoms with Crippen molar-refractivity contribution in [3.05, 3.63) is 24.3 Å². The van der Waals surface area contributed by atoms with Gasteiger partial charge in [-0.3, -0.25) is 14.5 Å². The van der Waals surface area contributed by atoms with Crippen molar-refractivity contribution in [2.45, 2.75) is 49.6 Å². The summed E-state index contributed by atoms with van der Waals surface area (Å²) in [5.74, 6) is -0.110. The molecule has 0 aromatic heterocycles. The fraction of sp³-hybridized carbons (Fsp3) is 0.556. The first-order chi connectivity index (χ1) is 11.5. The molecule has 1 aliphatic carbocycles. The Morgan fingerprint density at radius 1 is 1.29 bits per heavy atom. The van der Waals surface area contributed by atoms with E-state index in [9.17, 15) is 9.59 Å². The van der Waals surface area contributed by atoms with Crippen LogP contribution in [0, 0.1) is 0 Å². The largest absolute Gasteiger partial charge is 0.352 e. The van der Waals surface area contributed by atoms with Crippen LogP contribution in [0.15, 0.2) is 29.2 Å². The molecule has 2 N–H and O–H groups in total. The molecule has 6 heteroatoms. The van der Waals surface area contributed by atoms with E-state index in [1.54, 1.807) is 23.7 Å². The molecular weight excluding hydrogens is 322 g/mol. The molecule has 1 aromatic carbocycles. The lowest BCUT2D eigenvalue weighted by molar-refractivity contribution is -0.127. The summed E-state index contributed by atoms with van der Waals surface area (Å²) in [7, 11) is 1.80. The zero-order valence-electron chi connectivity index (χ0n) is 14.7. The Morgan fingerprint density at radius 2 is 1.96 bits per heavy atom. The Kier molecular flexibility index (Phi) is 7.12. The fourth-order valence-electron chi connectivity index (χ4n) is 2.89. The third kappa shape index (κ3) is 5.24. The maximum atomic E-state index is 12.3. The summed E-state index contributed by atoms with van der Waals surface area (Å²) >= 11 is 1.59. The number of thioether (sulfide) groups is 1. The first-order valence-corrected chi connectivity index (χ1v) is 9.67. The summed E-state index contributed by atoms with van der Waals surface area (Å²) in [5, 5.41) is 6.01. The number of carbonyl (C=O) groups excluding carboxylic acids is 2. The Hall–Kier alpha value is -1.53. The molecule has 0 aliphatic heterocycles. The van der Waals surface area contributed by atoms with Crippen LogP contribution < -0.4 is 10.6 Å². The number of nitrogens with zero attached hydrogens (tertiary/aromatic N) is 1. The van der Waals surface area contributed by atoms with E-state index in [1.807, 2.05) is 37.4 Å². The molecule has 1 saturated carbocycles. The monoisotopic (exact) mass is 349 g/mol. The molecule has 2 amide bonds. The van der Waals surface area contributed by atoms with Gasteiger partial charge in [-0.05, 0) is 45.2 Å². The van der Waals surface area contributed by atoms with Crippen molar-refractivity contribution in [2.24, 2.45) is 0 Å². The van der Waals surface area contributed by atoms with Crippen molar-refractivity contribution in [3.63, 3.8) is 0 Å². The van der Waals surface area contributed by atoms with E-state index in [0.717, 1.165) is 23.4 Å². The Balaban J connectivity index is 1.84. The molecule has 0 spiro atoms. The molecule has 1 aromatic rings. The number of amides is 2. The number of carbonyl (C=O) groups is 2. The van der Waals surface area contributed by atoms with Gasteiger partial charge in [0.2, 0.25) is 11.8 Å². The summed E-state index contributed by atoms with van der Waals surface area (Å²) in [4.78, 5) is 27.4. The molecule has 0 unspecified atom stereocenters. The Bertz CT molecular complexity index is 573. The van der Waals surface area contributed by atoms with Gasteiger partial charge in [0.25, 0.3) is 0 Å². The predicted molar refractivity (Wildman–Crippen MR) is 99.3 cm³/mol. The van der Waals surface area contributed by atoms with Crippen LogP contribution in [-0.2, 0) is 9.59 Å². The number of likely N-dealkylation sites (N-methyl/N-ethyl adjacent to an activating group) is 1. The van der Waals surface area contributed by atoms with E-state index in [-0.39, 0.29) is 24.4 Å². The molecule has 24 heavy (non-hydrogen) atoms. The number of para-hydroxylation sites is 1. The fourth-order valence-corrected chi connectivity index (χ4v) is 3.45. The van der Waals surface area contributed by atoms with E-state index >= 15 is 0 Å². The average Bonchev–Trinajstić information content (AvgIpc) is 3.07. The van der Waals surface area contributed by atoms with Gasteiger partial charge in [0.05, 0.1) is 18.3 Å². The van der Waals surface area contributed by atoms with Crippen molar-refractivity contribution in [3.8, 4) is 0 Å². The third-order valence-corrected chi connectivity index (χ3v) is 5.31. The van der Waals surface area contributed by atoms with Gasteiger partial charge in [-0.2, -0.15) is 0 Å². The van der Waals surface area contributed by atoms with Crippen LogP contribution in [-0.4, -0.2) is 48.6 Å². The minimum absolute atomic E-state index is 0.00159. The van der Waals surface area contributed by atoms with Gasteiger partial charge in [-0.25, -0.2) is 0 Å². The lowest BCUT2D eigenvalue weighted by Crippen LogP contribution is -2.48. The first kappa shape index (κ1) is 18.8. The van der Waals surface area contributed by atoms with Gasteiger partial charge in [-0.15, -0.1) is 11.8 Å². The van der Waals surface area contributed by atoms with Gasteiger partial charge in [0.15, 0.2) is 0 Å². The van der Waals surface area contributed by atoms with Crippen LogP contribution >= 0.6 is 11.8 Å². The Morgan fingerprint density at radius 3 is 2.62 bits per heavy atom. The smallest absolute Gasteiger partial charge is 0.238 e. The van der Waals surface area contributed by atoms with Crippen LogP contribution in [0.4, 0.5) is 5.69 Å². The number of hydrogen-bond acceptors (Lipinski definition) is 4. The molecule has 0 bridgehead atoms. The quantitative estimate of drug-likeness (QED) is 0.743. The maximum absolute atomic E-state index is 12.3. The van der Waals surface area contributed by atoms with Crippen LogP contribution in [0.25, 0.3) is 0 Å². The van der Waals surface area contributed by atoms with Crippen molar-refractivity contribution in [1.29, 1.82) is 0 Å². The standard InChI is InChI=1S/C18H27N3O2S/c1-13(18(23)19-14-8-4-5-9-14)21(2)12-17(22)20-15-10-6-7-11-16(15)24-3/h6-7,10-11,13-14H,4-5,8-9,12H2,1-3H3,(H,19,23)(H,20,22)/t13-/m0/s1. The second kappa shape index (κ2) is 9.08. The second-order valence-electron chi connectivity index (χ2n) is 6.33. The minimum Gasteiger partial charge on any atom is -0.352 e. The van der Waals surface area contributed by atoms with E-state index < -0.39 is 0 Å². The molecule has 2 rings (SSSR count). The molecular formula is C18H27N3O2S. The van der Waals surface area contributed by atoms with Gasteiger partial charge < -0.3 is 10.6 Å². The highest BCUT2D eigenvalue weighted by Crippen LogP contribution is 2.24. The SMILES string of the molecule is CSc1ccccc1NC(=O)CN(C)[C@@H](C)C(=O)NC1CCCC1. The third-order valence-electron chi connectivity index (χ3n) is 4.52. The lowest BCUT2D eigenvalue weighted by Gasteiger charge is -2.25. The van der Waals surface area contributed by atoms with Crippen LogP contribution in [0.2, 0.25) is 0 Å². The van der Waals surface area contributed by atoms with Gasteiger partial charge in [0, 0.05) is 10.9 Å². The van der Waals surface area contributed by atoms with Crippen LogP contribution in [0.1, 0.15) is 32.6 Å². The van der Waals surface area contributed by atoms with E-state index in [1.165, 1.54) is 12.8 Å². The molecule has 0 radical (unpaired) electrons. The highest BCUT2D eigenvalue weighted by molar-refractivity contribution is 7.98. The predicted octanol–water partition coefficient (Wildman–Crippen LogP) is 2.73. The maximum Gasteiger partial charge on any atom is 0.238 e. The van der Waals surface area contributed by atoms with Crippen molar-refractivity contribution >= 4 is 29.3 Å². The number of benzene rings is 1. The number of hydrogen-bond donors (Lipinski definition) is 2. The summed E-state index contributed by atoms with van der Waals surface area (Å²) in [5.41, 5.74) is 0.812. The summed E-state index contributed by atoms with van der Waals surface area (Å²) in [6.07, 6.45) is 6.48. The highest BCUT2D eigenvalue weighted by atomic mass is 32.2. The van der Waals surface area contributed by atoms with Gasteiger partial charge in [-0.1, -0.05) is 25.0 Å². The summed E-state index contributed by atoms with van der Waals surface area (Å²) in [6.45, 7) is 2.02. The van der Waals surface area contributed by atoms with Crippen molar-refractivity contribution in [1.82, 2.24) is 10.2 Å². The Labute approximate surface area is 148 Å². The van der Waals surface area contributed by atoms with Crippen LogP contribution in [0.5, 0.6) is 0 Å². The topological polar surface area (TPSA) is 61.4 Å². The number of anilines is 1. The van der Waals surface area contributed by atoms with E-state index in [2.05, 4.69) is 10.6 Å². The highest BCUT2D eigenvalue weighted by Gasteiger charge is 2.24. The summed E-state index contributed by atoms with van der Waals surface area (Å²) < 4.78 is 0. The minimum atomic E-state index is -0.327. The van der Waals surface area contributed by atoms with Crippen molar-refractivity contribution in [2.75, 3.05) is 25.2 Å². The lowest BCUT2D eigenvalue weighted by atomic mass is 10.2. The van der Waals surface area contributed by atoms with Gasteiger partial charge >= 0.3 is 0 Å². The van der Waals surface area contributed by atoms with E-state index in [0.29, 0.717) is 6.04 Å². The van der Waals surface area contributed by atoms with Gasteiger partial charge in [0.1, 0.15) is 0 Å². The zero-order valence-corrected chi connectivity index (χ0v) is 15.5. The molecule has 5 nitrogen and oxygen atoms in total.